The van der Waals surface area contributed by atoms with Gasteiger partial charge in [0.15, 0.2) is 5.78 Å². The molecule has 1 N–H and O–H groups in total. The van der Waals surface area contributed by atoms with Crippen molar-refractivity contribution in [3.8, 4) is 0 Å². The minimum absolute atomic E-state index is 0.242. The van der Waals surface area contributed by atoms with Gasteiger partial charge in [0.2, 0.25) is 0 Å². The number of aromatic amines is 1. The third kappa shape index (κ3) is 4.14. The molecule has 32 heavy (non-hydrogen) atoms. The van der Waals surface area contributed by atoms with Crippen LogP contribution in [0, 0.1) is 11.6 Å². The van der Waals surface area contributed by atoms with E-state index < -0.39 is 35.2 Å². The van der Waals surface area contributed by atoms with Crippen LogP contribution >= 0.6 is 0 Å². The average Bonchev–Trinajstić information content (AvgIpc) is 2.76. The molecule has 0 bridgehead atoms. The Morgan fingerprint density at radius 3 is 2.44 bits per heavy atom. The van der Waals surface area contributed by atoms with Gasteiger partial charge in [-0.1, -0.05) is 49.4 Å². The Morgan fingerprint density at radius 1 is 0.969 bits per heavy atom. The molecule has 4 rings (SSSR count). The Hall–Kier alpha value is -3.87. The molecule has 0 radical (unpaired) electrons. The van der Waals surface area contributed by atoms with Gasteiger partial charge in [0.05, 0.1) is 12.1 Å². The van der Waals surface area contributed by atoms with Crippen molar-refractivity contribution in [3.63, 3.8) is 0 Å². The zero-order chi connectivity index (χ0) is 22.8. The number of halogens is 2. The monoisotopic (exact) mass is 434 g/mol. The minimum atomic E-state index is -1.00. The molecule has 3 aromatic carbocycles. The third-order valence-corrected chi connectivity index (χ3v) is 5.49. The van der Waals surface area contributed by atoms with Crippen molar-refractivity contribution < 1.29 is 13.6 Å². The molecule has 0 aliphatic carbocycles. The van der Waals surface area contributed by atoms with Crippen LogP contribution in [0.4, 0.5) is 8.78 Å². The van der Waals surface area contributed by atoms with Gasteiger partial charge in [-0.05, 0) is 34.9 Å². The predicted octanol–water partition coefficient (Wildman–Crippen LogP) is 4.00. The molecule has 0 atom stereocenters. The molecule has 0 amide bonds. The first-order valence-electron chi connectivity index (χ1n) is 10.2. The summed E-state index contributed by atoms with van der Waals surface area (Å²) in [5.74, 6) is -2.50. The summed E-state index contributed by atoms with van der Waals surface area (Å²) >= 11 is 0. The maximum atomic E-state index is 14.1. The first-order valence-corrected chi connectivity index (χ1v) is 10.2. The zero-order valence-corrected chi connectivity index (χ0v) is 17.3. The number of aromatic nitrogens is 2. The smallest absolute Gasteiger partial charge is 0.292 e. The van der Waals surface area contributed by atoms with Crippen LogP contribution in [0.5, 0.6) is 0 Å². The molecule has 4 aromatic rings. The molecule has 7 heteroatoms. The fraction of sp³-hybridized carbons (Fsp3) is 0.160. The molecular formula is C25H20F2N2O3. The van der Waals surface area contributed by atoms with E-state index in [0.29, 0.717) is 23.7 Å². The number of fused-ring (bicyclic) bond motifs is 1. The molecule has 0 unspecified atom stereocenters. The second-order valence-corrected chi connectivity index (χ2v) is 7.53. The van der Waals surface area contributed by atoms with E-state index in [2.05, 4.69) is 4.98 Å². The molecular weight excluding hydrogens is 414 g/mol. The van der Waals surface area contributed by atoms with Crippen LogP contribution in [0.25, 0.3) is 10.8 Å². The number of nitrogens with zero attached hydrogens (tertiary/aromatic N) is 1. The number of hydrogen-bond donors (Lipinski definition) is 1. The standard InChI is InChI=1S/C25H20F2N2O3/c1-2-19-22(12-15-7-8-16-5-3-4-6-17(16)11-15)29(25(32)28-24(19)31)14-23(30)20-10-9-18(26)13-21(20)27/h3-11,13H,2,12,14H2,1H3,(H,28,31,32). The van der Waals surface area contributed by atoms with E-state index >= 15 is 0 Å². The summed E-state index contributed by atoms with van der Waals surface area (Å²) in [6.07, 6.45) is 0.587. The summed E-state index contributed by atoms with van der Waals surface area (Å²) < 4.78 is 28.5. The van der Waals surface area contributed by atoms with Crippen molar-refractivity contribution in [1.29, 1.82) is 0 Å². The fourth-order valence-electron chi connectivity index (χ4n) is 3.88. The SMILES string of the molecule is CCc1c(Cc2ccc3ccccc3c2)n(CC(=O)c2ccc(F)cc2F)c(=O)[nH]c1=O. The summed E-state index contributed by atoms with van der Waals surface area (Å²) in [6.45, 7) is 1.30. The Kier molecular flexibility index (Phi) is 5.81. The molecule has 0 aliphatic heterocycles. The quantitative estimate of drug-likeness (QED) is 0.466. The molecule has 0 aliphatic rings. The molecule has 0 saturated heterocycles. The topological polar surface area (TPSA) is 71.9 Å². The number of nitrogens with one attached hydrogen (secondary N) is 1. The highest BCUT2D eigenvalue weighted by Gasteiger charge is 2.19. The molecule has 0 saturated carbocycles. The molecule has 5 nitrogen and oxygen atoms in total. The number of benzene rings is 3. The normalized spacial score (nSPS) is 11.1. The lowest BCUT2D eigenvalue weighted by Gasteiger charge is -2.16. The van der Waals surface area contributed by atoms with Crippen LogP contribution in [0.2, 0.25) is 0 Å². The predicted molar refractivity (Wildman–Crippen MR) is 118 cm³/mol. The maximum Gasteiger partial charge on any atom is 0.328 e. The lowest BCUT2D eigenvalue weighted by molar-refractivity contribution is 0.0965. The lowest BCUT2D eigenvalue weighted by Crippen LogP contribution is -2.37. The fourth-order valence-corrected chi connectivity index (χ4v) is 3.88. The van der Waals surface area contributed by atoms with E-state index in [1.165, 1.54) is 4.57 Å². The van der Waals surface area contributed by atoms with Gasteiger partial charge in [-0.2, -0.15) is 0 Å². The summed E-state index contributed by atoms with van der Waals surface area (Å²) in [4.78, 5) is 40.1. The van der Waals surface area contributed by atoms with Gasteiger partial charge in [0.25, 0.3) is 5.56 Å². The van der Waals surface area contributed by atoms with E-state index in [1.807, 2.05) is 42.5 Å². The molecule has 162 valence electrons. The largest absolute Gasteiger partial charge is 0.328 e. The van der Waals surface area contributed by atoms with Crippen molar-refractivity contribution >= 4 is 16.6 Å². The Bertz CT molecular complexity index is 1450. The Labute approximate surface area is 182 Å². The van der Waals surface area contributed by atoms with E-state index in [1.54, 1.807) is 6.92 Å². The average molecular weight is 434 g/mol. The van der Waals surface area contributed by atoms with Crippen molar-refractivity contribution in [2.45, 2.75) is 26.3 Å². The molecule has 0 fully saturated rings. The van der Waals surface area contributed by atoms with Gasteiger partial charge < -0.3 is 0 Å². The number of carbonyl (C=O) groups is 1. The lowest BCUT2D eigenvalue weighted by atomic mass is 10.0. The number of rotatable bonds is 6. The molecule has 0 spiro atoms. The van der Waals surface area contributed by atoms with Crippen LogP contribution in [0.1, 0.15) is 34.1 Å². The first-order chi connectivity index (χ1) is 15.4. The number of carbonyl (C=O) groups excluding carboxylic acids is 1. The minimum Gasteiger partial charge on any atom is -0.292 e. The third-order valence-electron chi connectivity index (χ3n) is 5.49. The van der Waals surface area contributed by atoms with Gasteiger partial charge in [0, 0.05) is 23.7 Å². The highest BCUT2D eigenvalue weighted by Crippen LogP contribution is 2.19. The number of hydrogen-bond acceptors (Lipinski definition) is 3. The Morgan fingerprint density at radius 2 is 1.72 bits per heavy atom. The van der Waals surface area contributed by atoms with Crippen LogP contribution in [0.15, 0.2) is 70.3 Å². The Balaban J connectivity index is 1.79. The number of Topliss-reactive ketones (excluding diaryl/α,β-unsaturated/α-hetero) is 1. The highest BCUT2D eigenvalue weighted by molar-refractivity contribution is 5.96. The number of H-pyrrole nitrogens is 1. The molecule has 1 aromatic heterocycles. The number of ketones is 1. The zero-order valence-electron chi connectivity index (χ0n) is 17.3. The first kappa shape index (κ1) is 21.4. The van der Waals surface area contributed by atoms with E-state index in [9.17, 15) is 23.2 Å². The molecule has 1 heterocycles. The van der Waals surface area contributed by atoms with E-state index in [-0.39, 0.29) is 12.0 Å². The van der Waals surface area contributed by atoms with Gasteiger partial charge in [-0.3, -0.25) is 19.1 Å². The second kappa shape index (κ2) is 8.70. The van der Waals surface area contributed by atoms with Gasteiger partial charge in [0.1, 0.15) is 11.6 Å². The van der Waals surface area contributed by atoms with Crippen molar-refractivity contribution in [1.82, 2.24) is 9.55 Å². The van der Waals surface area contributed by atoms with Crippen molar-refractivity contribution in [3.05, 3.63) is 116 Å². The van der Waals surface area contributed by atoms with Crippen LogP contribution < -0.4 is 11.2 Å². The van der Waals surface area contributed by atoms with Crippen LogP contribution in [-0.4, -0.2) is 15.3 Å². The van der Waals surface area contributed by atoms with E-state index in [0.717, 1.165) is 28.5 Å². The second-order valence-electron chi connectivity index (χ2n) is 7.53. The van der Waals surface area contributed by atoms with Gasteiger partial charge in [-0.25, -0.2) is 13.6 Å². The van der Waals surface area contributed by atoms with Crippen LogP contribution in [0.3, 0.4) is 0 Å². The van der Waals surface area contributed by atoms with Crippen LogP contribution in [-0.2, 0) is 19.4 Å². The van der Waals surface area contributed by atoms with Crippen molar-refractivity contribution in [2.24, 2.45) is 0 Å². The van der Waals surface area contributed by atoms with Gasteiger partial charge in [-0.15, -0.1) is 0 Å². The summed E-state index contributed by atoms with van der Waals surface area (Å²) in [7, 11) is 0. The van der Waals surface area contributed by atoms with Gasteiger partial charge >= 0.3 is 5.69 Å². The van der Waals surface area contributed by atoms with E-state index in [4.69, 9.17) is 0 Å². The summed E-state index contributed by atoms with van der Waals surface area (Å²) in [5, 5.41) is 2.06. The summed E-state index contributed by atoms with van der Waals surface area (Å²) in [6, 6.07) is 16.3. The summed E-state index contributed by atoms with van der Waals surface area (Å²) in [5.41, 5.74) is 0.0538. The maximum absolute atomic E-state index is 14.1. The van der Waals surface area contributed by atoms with Crippen molar-refractivity contribution in [2.75, 3.05) is 0 Å². The highest BCUT2D eigenvalue weighted by atomic mass is 19.1.